The van der Waals surface area contributed by atoms with Crippen molar-refractivity contribution in [3.63, 3.8) is 0 Å². The molecule has 0 aliphatic rings. The van der Waals surface area contributed by atoms with Crippen molar-refractivity contribution in [2.45, 2.75) is 13.3 Å². The lowest BCUT2D eigenvalue weighted by Crippen LogP contribution is -2.00. The Morgan fingerprint density at radius 3 is 2.88 bits per heavy atom. The quantitative estimate of drug-likeness (QED) is 0.450. The Bertz CT molecular complexity index is 418. The van der Waals surface area contributed by atoms with Gasteiger partial charge in [0.2, 0.25) is 0 Å². The van der Waals surface area contributed by atoms with E-state index in [1.54, 1.807) is 0 Å². The SMILES string of the molecule is C=C(C)CCOc1cc(Cl)ccc1[N+](=O)[O-]. The lowest BCUT2D eigenvalue weighted by atomic mass is 10.2. The Balaban J connectivity index is 2.80. The zero-order valence-corrected chi connectivity index (χ0v) is 9.66. The van der Waals surface area contributed by atoms with E-state index in [2.05, 4.69) is 6.58 Å². The first-order chi connectivity index (χ1) is 7.50. The van der Waals surface area contributed by atoms with Gasteiger partial charge in [0.25, 0.3) is 0 Å². The summed E-state index contributed by atoms with van der Waals surface area (Å²) in [6.07, 6.45) is 0.656. The third-order valence-electron chi connectivity index (χ3n) is 1.90. The second-order valence-electron chi connectivity index (χ2n) is 3.42. The van der Waals surface area contributed by atoms with Crippen LogP contribution in [0.1, 0.15) is 13.3 Å². The summed E-state index contributed by atoms with van der Waals surface area (Å²) >= 11 is 5.74. The fourth-order valence-corrected chi connectivity index (χ4v) is 1.25. The number of ether oxygens (including phenoxy) is 1. The number of benzene rings is 1. The standard InChI is InChI=1S/C11H12ClNO3/c1-8(2)5-6-16-11-7-9(12)3-4-10(11)13(14)15/h3-4,7H,1,5-6H2,2H3. The minimum absolute atomic E-state index is 0.0777. The monoisotopic (exact) mass is 241 g/mol. The summed E-state index contributed by atoms with van der Waals surface area (Å²) in [4.78, 5) is 10.2. The molecular formula is C11H12ClNO3. The highest BCUT2D eigenvalue weighted by Gasteiger charge is 2.14. The van der Waals surface area contributed by atoms with Gasteiger partial charge in [-0.3, -0.25) is 10.1 Å². The van der Waals surface area contributed by atoms with E-state index in [9.17, 15) is 10.1 Å². The molecule has 0 saturated heterocycles. The molecule has 0 N–H and O–H groups in total. The van der Waals surface area contributed by atoms with Gasteiger partial charge >= 0.3 is 5.69 Å². The molecule has 16 heavy (non-hydrogen) atoms. The first-order valence-corrected chi connectivity index (χ1v) is 5.09. The number of nitro groups is 1. The summed E-state index contributed by atoms with van der Waals surface area (Å²) in [7, 11) is 0. The van der Waals surface area contributed by atoms with Crippen molar-refractivity contribution in [2.75, 3.05) is 6.61 Å². The van der Waals surface area contributed by atoms with E-state index in [0.29, 0.717) is 18.1 Å². The average molecular weight is 242 g/mol. The Morgan fingerprint density at radius 2 is 2.31 bits per heavy atom. The molecule has 0 aliphatic carbocycles. The predicted octanol–water partition coefficient (Wildman–Crippen LogP) is 3.59. The molecule has 1 rings (SSSR count). The van der Waals surface area contributed by atoms with Gasteiger partial charge < -0.3 is 4.74 Å². The number of halogens is 1. The maximum atomic E-state index is 10.7. The molecule has 1 aromatic carbocycles. The number of hydrogen-bond donors (Lipinski definition) is 0. The number of hydrogen-bond acceptors (Lipinski definition) is 3. The number of nitrogens with zero attached hydrogens (tertiary/aromatic N) is 1. The summed E-state index contributed by atoms with van der Waals surface area (Å²) in [5.74, 6) is 0.193. The molecule has 5 heteroatoms. The molecule has 0 unspecified atom stereocenters. The Kier molecular flexibility index (Phi) is 4.31. The first kappa shape index (κ1) is 12.5. The van der Waals surface area contributed by atoms with Crippen LogP contribution in [-0.2, 0) is 0 Å². The van der Waals surface area contributed by atoms with Crippen LogP contribution in [-0.4, -0.2) is 11.5 Å². The topological polar surface area (TPSA) is 52.4 Å². The highest BCUT2D eigenvalue weighted by molar-refractivity contribution is 6.30. The zero-order chi connectivity index (χ0) is 12.1. The van der Waals surface area contributed by atoms with E-state index in [1.165, 1.54) is 18.2 Å². The van der Waals surface area contributed by atoms with Crippen molar-refractivity contribution in [3.8, 4) is 5.75 Å². The zero-order valence-electron chi connectivity index (χ0n) is 8.90. The highest BCUT2D eigenvalue weighted by atomic mass is 35.5. The second kappa shape index (κ2) is 5.51. The minimum atomic E-state index is -0.494. The molecule has 0 fully saturated rings. The van der Waals surface area contributed by atoms with Crippen molar-refractivity contribution in [3.05, 3.63) is 45.5 Å². The Labute approximate surface area is 98.6 Å². The van der Waals surface area contributed by atoms with Crippen molar-refractivity contribution < 1.29 is 9.66 Å². The van der Waals surface area contributed by atoms with E-state index in [0.717, 1.165) is 5.57 Å². The van der Waals surface area contributed by atoms with Gasteiger partial charge in [0.05, 0.1) is 11.5 Å². The largest absolute Gasteiger partial charge is 0.486 e. The van der Waals surface area contributed by atoms with Crippen LogP contribution < -0.4 is 4.74 Å². The third-order valence-corrected chi connectivity index (χ3v) is 2.14. The summed E-state index contributed by atoms with van der Waals surface area (Å²) in [6, 6.07) is 4.24. The van der Waals surface area contributed by atoms with Gasteiger partial charge in [0.15, 0.2) is 5.75 Å². The highest BCUT2D eigenvalue weighted by Crippen LogP contribution is 2.30. The van der Waals surface area contributed by atoms with Gasteiger partial charge in [0, 0.05) is 23.6 Å². The number of rotatable bonds is 5. The average Bonchev–Trinajstić information content (AvgIpc) is 2.16. The van der Waals surface area contributed by atoms with Gasteiger partial charge in [-0.15, -0.1) is 6.58 Å². The van der Waals surface area contributed by atoms with Crippen LogP contribution in [0.25, 0.3) is 0 Å². The van der Waals surface area contributed by atoms with Gasteiger partial charge in [-0.1, -0.05) is 17.2 Å². The van der Waals surface area contributed by atoms with Crippen LogP contribution in [0.3, 0.4) is 0 Å². The molecule has 0 saturated carbocycles. The fraction of sp³-hybridized carbons (Fsp3) is 0.273. The molecule has 0 bridgehead atoms. The molecule has 0 radical (unpaired) electrons. The van der Waals surface area contributed by atoms with Crippen LogP contribution in [0, 0.1) is 10.1 Å². The first-order valence-electron chi connectivity index (χ1n) is 4.72. The van der Waals surface area contributed by atoms with Crippen LogP contribution in [0.2, 0.25) is 5.02 Å². The maximum absolute atomic E-state index is 10.7. The van der Waals surface area contributed by atoms with Gasteiger partial charge in [-0.25, -0.2) is 0 Å². The van der Waals surface area contributed by atoms with Crippen LogP contribution in [0.15, 0.2) is 30.4 Å². The van der Waals surface area contributed by atoms with E-state index in [4.69, 9.17) is 16.3 Å². The van der Waals surface area contributed by atoms with Crippen LogP contribution >= 0.6 is 11.6 Å². The summed E-state index contributed by atoms with van der Waals surface area (Å²) in [6.45, 7) is 5.95. The lowest BCUT2D eigenvalue weighted by molar-refractivity contribution is -0.385. The van der Waals surface area contributed by atoms with Gasteiger partial charge in [0.1, 0.15) is 0 Å². The second-order valence-corrected chi connectivity index (χ2v) is 3.86. The normalized spacial score (nSPS) is 9.88. The smallest absolute Gasteiger partial charge is 0.311 e. The lowest BCUT2D eigenvalue weighted by Gasteiger charge is -2.06. The maximum Gasteiger partial charge on any atom is 0.311 e. The van der Waals surface area contributed by atoms with Crippen molar-refractivity contribution in [1.29, 1.82) is 0 Å². The van der Waals surface area contributed by atoms with Gasteiger partial charge in [-0.05, 0) is 13.0 Å². The molecule has 0 heterocycles. The Hall–Kier alpha value is -1.55. The van der Waals surface area contributed by atoms with Crippen molar-refractivity contribution >= 4 is 17.3 Å². The summed E-state index contributed by atoms with van der Waals surface area (Å²) in [5, 5.41) is 11.1. The predicted molar refractivity (Wildman–Crippen MR) is 63.0 cm³/mol. The Morgan fingerprint density at radius 1 is 1.62 bits per heavy atom. The molecule has 1 aromatic rings. The molecular weight excluding hydrogens is 230 g/mol. The van der Waals surface area contributed by atoms with E-state index < -0.39 is 4.92 Å². The van der Waals surface area contributed by atoms with Crippen molar-refractivity contribution in [1.82, 2.24) is 0 Å². The van der Waals surface area contributed by atoms with E-state index in [-0.39, 0.29) is 11.4 Å². The molecule has 0 spiro atoms. The van der Waals surface area contributed by atoms with Gasteiger partial charge in [-0.2, -0.15) is 0 Å². The van der Waals surface area contributed by atoms with Crippen LogP contribution in [0.5, 0.6) is 5.75 Å². The molecule has 86 valence electrons. The third kappa shape index (κ3) is 3.55. The van der Waals surface area contributed by atoms with E-state index in [1.807, 2.05) is 6.92 Å². The summed E-state index contributed by atoms with van der Waals surface area (Å²) in [5.41, 5.74) is 0.885. The molecule has 0 aromatic heterocycles. The molecule has 0 amide bonds. The van der Waals surface area contributed by atoms with E-state index >= 15 is 0 Å². The molecule has 0 aliphatic heterocycles. The minimum Gasteiger partial charge on any atom is -0.486 e. The number of nitro benzene ring substituents is 1. The van der Waals surface area contributed by atoms with Crippen molar-refractivity contribution in [2.24, 2.45) is 0 Å². The summed E-state index contributed by atoms with van der Waals surface area (Å²) < 4.78 is 5.30. The molecule has 0 atom stereocenters. The molecule has 4 nitrogen and oxygen atoms in total. The van der Waals surface area contributed by atoms with Crippen LogP contribution in [0.4, 0.5) is 5.69 Å². The fourth-order valence-electron chi connectivity index (χ4n) is 1.09.